The number of rotatable bonds is 4. The summed E-state index contributed by atoms with van der Waals surface area (Å²) in [7, 11) is 3.95. The zero-order valence-corrected chi connectivity index (χ0v) is 12.1. The number of carbonyl (C=O) groups is 1. The zero-order valence-electron chi connectivity index (χ0n) is 12.1. The maximum absolute atomic E-state index is 12.4. The van der Waals surface area contributed by atoms with Crippen molar-refractivity contribution in [3.63, 3.8) is 0 Å². The van der Waals surface area contributed by atoms with Gasteiger partial charge in [-0.05, 0) is 33.9 Å². The average Bonchev–Trinajstić information content (AvgIpc) is 2.20. The summed E-state index contributed by atoms with van der Waals surface area (Å²) in [5, 5.41) is 3.12. The van der Waals surface area contributed by atoms with Crippen LogP contribution in [-0.2, 0) is 4.79 Å². The van der Waals surface area contributed by atoms with Crippen LogP contribution in [0.2, 0.25) is 0 Å². The molecular weight excluding hydrogens is 214 g/mol. The van der Waals surface area contributed by atoms with Crippen molar-refractivity contribution in [1.29, 1.82) is 0 Å². The SMILES string of the molecule is CNCC1C(=O)N(CC(C)C)CC(C)(C)N1C. The second-order valence-electron chi connectivity index (χ2n) is 6.11. The number of carbonyl (C=O) groups excluding carboxylic acids is 1. The van der Waals surface area contributed by atoms with Crippen molar-refractivity contribution in [3.8, 4) is 0 Å². The third kappa shape index (κ3) is 3.19. The molecule has 0 radical (unpaired) electrons. The van der Waals surface area contributed by atoms with Crippen LogP contribution in [0.3, 0.4) is 0 Å². The molecule has 0 aromatic heterocycles. The Morgan fingerprint density at radius 3 is 2.53 bits per heavy atom. The van der Waals surface area contributed by atoms with Crippen LogP contribution in [0, 0.1) is 5.92 Å². The number of nitrogens with zero attached hydrogens (tertiary/aromatic N) is 2. The fourth-order valence-corrected chi connectivity index (χ4v) is 2.47. The summed E-state index contributed by atoms with van der Waals surface area (Å²) < 4.78 is 0. The summed E-state index contributed by atoms with van der Waals surface area (Å²) >= 11 is 0. The molecule has 1 unspecified atom stereocenters. The molecule has 1 fully saturated rings. The Hall–Kier alpha value is -0.610. The number of hydrogen-bond donors (Lipinski definition) is 1. The van der Waals surface area contributed by atoms with Gasteiger partial charge in [0.25, 0.3) is 0 Å². The molecule has 1 N–H and O–H groups in total. The standard InChI is InChI=1S/C13H27N3O/c1-10(2)8-16-9-13(3,4)15(6)11(7-14-5)12(16)17/h10-11,14H,7-9H2,1-6H3. The van der Waals surface area contributed by atoms with Gasteiger partial charge in [-0.25, -0.2) is 0 Å². The molecule has 0 aliphatic carbocycles. The highest BCUT2D eigenvalue weighted by Crippen LogP contribution is 2.24. The van der Waals surface area contributed by atoms with E-state index in [1.54, 1.807) is 0 Å². The second-order valence-corrected chi connectivity index (χ2v) is 6.11. The highest BCUT2D eigenvalue weighted by atomic mass is 16.2. The molecule has 4 nitrogen and oxygen atoms in total. The molecule has 1 rings (SSSR count). The first-order valence-electron chi connectivity index (χ1n) is 6.46. The highest BCUT2D eigenvalue weighted by Gasteiger charge is 2.42. The van der Waals surface area contributed by atoms with Crippen molar-refractivity contribution >= 4 is 5.91 Å². The van der Waals surface area contributed by atoms with Crippen molar-refractivity contribution < 1.29 is 4.79 Å². The molecule has 100 valence electrons. The first-order valence-corrected chi connectivity index (χ1v) is 6.46. The topological polar surface area (TPSA) is 35.6 Å². The summed E-state index contributed by atoms with van der Waals surface area (Å²) in [6, 6.07) is -0.0394. The van der Waals surface area contributed by atoms with Gasteiger partial charge in [-0.1, -0.05) is 13.8 Å². The van der Waals surface area contributed by atoms with E-state index in [2.05, 4.69) is 37.9 Å². The van der Waals surface area contributed by atoms with Crippen molar-refractivity contribution in [1.82, 2.24) is 15.1 Å². The van der Waals surface area contributed by atoms with Crippen LogP contribution in [0.1, 0.15) is 27.7 Å². The first kappa shape index (κ1) is 14.5. The van der Waals surface area contributed by atoms with Crippen LogP contribution in [0.25, 0.3) is 0 Å². The van der Waals surface area contributed by atoms with Gasteiger partial charge >= 0.3 is 0 Å². The molecular formula is C13H27N3O. The van der Waals surface area contributed by atoms with E-state index in [1.807, 2.05) is 19.0 Å². The van der Waals surface area contributed by atoms with E-state index in [-0.39, 0.29) is 17.5 Å². The van der Waals surface area contributed by atoms with E-state index in [0.29, 0.717) is 12.5 Å². The molecule has 17 heavy (non-hydrogen) atoms. The molecule has 1 atom stereocenters. The molecule has 0 bridgehead atoms. The van der Waals surface area contributed by atoms with E-state index in [4.69, 9.17) is 0 Å². The molecule has 1 aliphatic heterocycles. The second kappa shape index (κ2) is 5.36. The van der Waals surface area contributed by atoms with E-state index < -0.39 is 0 Å². The van der Waals surface area contributed by atoms with Gasteiger partial charge in [0, 0.05) is 25.2 Å². The van der Waals surface area contributed by atoms with E-state index >= 15 is 0 Å². The van der Waals surface area contributed by atoms with Crippen LogP contribution >= 0.6 is 0 Å². The molecule has 0 saturated carbocycles. The fraction of sp³-hybridized carbons (Fsp3) is 0.923. The van der Waals surface area contributed by atoms with Gasteiger partial charge in [-0.3, -0.25) is 9.69 Å². The largest absolute Gasteiger partial charge is 0.339 e. The third-order valence-corrected chi connectivity index (χ3v) is 3.58. The molecule has 1 saturated heterocycles. The Bertz CT molecular complexity index is 276. The predicted octanol–water partition coefficient (Wildman–Crippen LogP) is 0.783. The number of likely N-dealkylation sites (N-methyl/N-ethyl adjacent to an activating group) is 2. The number of piperazine rings is 1. The maximum Gasteiger partial charge on any atom is 0.241 e. The Morgan fingerprint density at radius 1 is 1.47 bits per heavy atom. The van der Waals surface area contributed by atoms with E-state index in [9.17, 15) is 4.79 Å². The van der Waals surface area contributed by atoms with E-state index in [0.717, 1.165) is 13.1 Å². The van der Waals surface area contributed by atoms with Gasteiger partial charge in [0.05, 0.1) is 0 Å². The van der Waals surface area contributed by atoms with Crippen molar-refractivity contribution in [2.75, 3.05) is 33.7 Å². The first-order chi connectivity index (χ1) is 7.79. The van der Waals surface area contributed by atoms with Gasteiger partial charge in [0.2, 0.25) is 5.91 Å². The Morgan fingerprint density at radius 2 is 2.06 bits per heavy atom. The van der Waals surface area contributed by atoms with Gasteiger partial charge < -0.3 is 10.2 Å². The molecule has 4 heteroatoms. The normalized spacial score (nSPS) is 25.7. The Balaban J connectivity index is 2.86. The fourth-order valence-electron chi connectivity index (χ4n) is 2.47. The minimum atomic E-state index is -0.0394. The Kier molecular flexibility index (Phi) is 4.55. The lowest BCUT2D eigenvalue weighted by atomic mass is 9.94. The quantitative estimate of drug-likeness (QED) is 0.790. The molecule has 1 amide bonds. The van der Waals surface area contributed by atoms with Crippen LogP contribution in [0.15, 0.2) is 0 Å². The zero-order chi connectivity index (χ0) is 13.2. The lowest BCUT2D eigenvalue weighted by Gasteiger charge is -2.49. The number of amides is 1. The van der Waals surface area contributed by atoms with Gasteiger partial charge in [-0.15, -0.1) is 0 Å². The van der Waals surface area contributed by atoms with Crippen LogP contribution in [0.4, 0.5) is 0 Å². The minimum absolute atomic E-state index is 0.0394. The number of nitrogens with one attached hydrogen (secondary N) is 1. The summed E-state index contributed by atoms with van der Waals surface area (Å²) in [6.07, 6.45) is 0. The van der Waals surface area contributed by atoms with Crippen molar-refractivity contribution in [2.45, 2.75) is 39.3 Å². The van der Waals surface area contributed by atoms with Gasteiger partial charge in [0.1, 0.15) is 6.04 Å². The lowest BCUT2D eigenvalue weighted by Crippen LogP contribution is -2.67. The molecule has 0 aromatic carbocycles. The summed E-state index contributed by atoms with van der Waals surface area (Å²) in [4.78, 5) is 16.6. The monoisotopic (exact) mass is 241 g/mol. The molecule has 0 spiro atoms. The molecule has 1 heterocycles. The van der Waals surface area contributed by atoms with Crippen molar-refractivity contribution in [2.24, 2.45) is 5.92 Å². The maximum atomic E-state index is 12.4. The number of hydrogen-bond acceptors (Lipinski definition) is 3. The summed E-state index contributed by atoms with van der Waals surface area (Å²) in [5.74, 6) is 0.781. The van der Waals surface area contributed by atoms with Gasteiger partial charge in [0.15, 0.2) is 0 Å². The summed E-state index contributed by atoms with van der Waals surface area (Å²) in [6.45, 7) is 11.1. The highest BCUT2D eigenvalue weighted by molar-refractivity contribution is 5.83. The van der Waals surface area contributed by atoms with Crippen LogP contribution < -0.4 is 5.32 Å². The third-order valence-electron chi connectivity index (χ3n) is 3.58. The average molecular weight is 241 g/mol. The molecule has 1 aliphatic rings. The Labute approximate surface area is 105 Å². The van der Waals surface area contributed by atoms with Crippen LogP contribution in [-0.4, -0.2) is 61.0 Å². The van der Waals surface area contributed by atoms with Crippen LogP contribution in [0.5, 0.6) is 0 Å². The lowest BCUT2D eigenvalue weighted by molar-refractivity contribution is -0.148. The van der Waals surface area contributed by atoms with Gasteiger partial charge in [-0.2, -0.15) is 0 Å². The smallest absolute Gasteiger partial charge is 0.241 e. The molecule has 0 aromatic rings. The van der Waals surface area contributed by atoms with Crippen molar-refractivity contribution in [3.05, 3.63) is 0 Å². The summed E-state index contributed by atoms with van der Waals surface area (Å²) in [5.41, 5.74) is 0.0459. The van der Waals surface area contributed by atoms with E-state index in [1.165, 1.54) is 0 Å². The predicted molar refractivity (Wildman–Crippen MR) is 71.0 cm³/mol. The minimum Gasteiger partial charge on any atom is -0.339 e.